The van der Waals surface area contributed by atoms with Crippen molar-refractivity contribution < 1.29 is 22.7 Å². The van der Waals surface area contributed by atoms with Gasteiger partial charge in [-0.1, -0.05) is 23.7 Å². The number of hydrogen-bond donors (Lipinski definition) is 3. The molecule has 0 saturated heterocycles. The van der Waals surface area contributed by atoms with Crippen molar-refractivity contribution in [1.29, 1.82) is 5.26 Å². The lowest BCUT2D eigenvalue weighted by Gasteiger charge is -2.16. The zero-order valence-corrected chi connectivity index (χ0v) is 24.3. The molecular formula is C29H27ClN6O5S. The molecule has 0 radical (unpaired) electrons. The van der Waals surface area contributed by atoms with Crippen LogP contribution in [0.2, 0.25) is 5.02 Å². The van der Waals surface area contributed by atoms with Crippen LogP contribution in [-0.2, 0) is 21.4 Å². The van der Waals surface area contributed by atoms with E-state index < -0.39 is 15.9 Å². The summed E-state index contributed by atoms with van der Waals surface area (Å²) in [6.07, 6.45) is 6.75. The molecule has 11 nitrogen and oxygen atoms in total. The van der Waals surface area contributed by atoms with Crippen molar-refractivity contribution in [2.45, 2.75) is 13.5 Å². The van der Waals surface area contributed by atoms with Crippen LogP contribution in [0.15, 0.2) is 73.1 Å². The lowest BCUT2D eigenvalue weighted by molar-refractivity contribution is -0.111. The second kappa shape index (κ2) is 13.8. The Morgan fingerprint density at radius 2 is 1.95 bits per heavy atom. The highest BCUT2D eigenvalue weighted by Crippen LogP contribution is 2.37. The van der Waals surface area contributed by atoms with Crippen molar-refractivity contribution in [3.05, 3.63) is 89.4 Å². The number of benzene rings is 2. The maximum atomic E-state index is 12.6. The second-order valence-corrected chi connectivity index (χ2v) is 11.1. The Balaban J connectivity index is 1.62. The zero-order valence-electron chi connectivity index (χ0n) is 22.7. The Morgan fingerprint density at radius 1 is 1.12 bits per heavy atom. The molecule has 42 heavy (non-hydrogen) atoms. The summed E-state index contributed by atoms with van der Waals surface area (Å²) >= 11 is 6.50. The van der Waals surface area contributed by atoms with Gasteiger partial charge in [-0.05, 0) is 43.3 Å². The molecule has 4 aromatic rings. The van der Waals surface area contributed by atoms with Crippen LogP contribution < -0.4 is 24.8 Å². The fourth-order valence-corrected chi connectivity index (χ4v) is 4.46. The Morgan fingerprint density at radius 3 is 2.64 bits per heavy atom. The quantitative estimate of drug-likeness (QED) is 0.190. The smallest absolute Gasteiger partial charge is 0.248 e. The van der Waals surface area contributed by atoms with Crippen LogP contribution >= 0.6 is 11.6 Å². The Bertz CT molecular complexity index is 1780. The van der Waals surface area contributed by atoms with E-state index in [-0.39, 0.29) is 18.7 Å². The van der Waals surface area contributed by atoms with Gasteiger partial charge in [0.1, 0.15) is 24.2 Å². The molecule has 0 aliphatic rings. The van der Waals surface area contributed by atoms with Gasteiger partial charge in [-0.15, -0.1) is 0 Å². The number of amides is 1. The summed E-state index contributed by atoms with van der Waals surface area (Å²) in [5.41, 5.74) is 2.93. The SMILES string of the molecule is CCOc1cc2ncc(C#N)c(Nc3ccc(OCc4ccccn4)c(Cl)c3)c2cc1NC(=O)/C=C/CNS(C)(=O)=O. The highest BCUT2D eigenvalue weighted by Gasteiger charge is 2.16. The van der Waals surface area contributed by atoms with Crippen molar-refractivity contribution in [2.24, 2.45) is 0 Å². The van der Waals surface area contributed by atoms with Gasteiger partial charge < -0.3 is 20.1 Å². The molecule has 1 amide bonds. The number of aromatic nitrogens is 2. The topological polar surface area (TPSA) is 155 Å². The standard InChI is InChI=1S/C29H27ClN6O5S/c1-3-40-27-15-24-22(14-25(27)36-28(37)8-6-12-34-42(2,38)39)29(19(16-31)17-33-24)35-20-9-10-26(23(30)13-20)41-18-21-7-4-5-11-32-21/h4-11,13-15,17,34H,3,12,18H2,1-2H3,(H,33,35)(H,36,37)/b8-6+. The van der Waals surface area contributed by atoms with Crippen molar-refractivity contribution in [2.75, 3.05) is 30.0 Å². The molecule has 0 unspecified atom stereocenters. The van der Waals surface area contributed by atoms with Gasteiger partial charge in [-0.3, -0.25) is 14.8 Å². The number of halogens is 1. The molecular weight excluding hydrogens is 580 g/mol. The van der Waals surface area contributed by atoms with Gasteiger partial charge in [-0.2, -0.15) is 5.26 Å². The Hall–Kier alpha value is -4.70. The minimum Gasteiger partial charge on any atom is -0.492 e. The number of ether oxygens (including phenoxy) is 2. The van der Waals surface area contributed by atoms with Crippen LogP contribution in [-0.4, -0.2) is 43.7 Å². The summed E-state index contributed by atoms with van der Waals surface area (Å²) in [5, 5.41) is 16.7. The minimum atomic E-state index is -3.39. The van der Waals surface area contributed by atoms with E-state index in [9.17, 15) is 18.5 Å². The van der Waals surface area contributed by atoms with Crippen LogP contribution in [0.3, 0.4) is 0 Å². The number of nitrogens with zero attached hydrogens (tertiary/aromatic N) is 3. The van der Waals surface area contributed by atoms with E-state index in [1.807, 2.05) is 18.2 Å². The fraction of sp³-hybridized carbons (Fsp3) is 0.172. The van der Waals surface area contributed by atoms with E-state index >= 15 is 0 Å². The molecule has 0 fully saturated rings. The molecule has 4 rings (SSSR count). The van der Waals surface area contributed by atoms with E-state index in [0.29, 0.717) is 51.1 Å². The summed E-state index contributed by atoms with van der Waals surface area (Å²) in [7, 11) is -3.39. The molecule has 0 saturated carbocycles. The predicted octanol–water partition coefficient (Wildman–Crippen LogP) is 4.92. The summed E-state index contributed by atoms with van der Waals surface area (Å²) in [6.45, 7) is 2.35. The van der Waals surface area contributed by atoms with Crippen molar-refractivity contribution >= 4 is 55.5 Å². The van der Waals surface area contributed by atoms with Crippen LogP contribution in [0.1, 0.15) is 18.2 Å². The first-order chi connectivity index (χ1) is 20.2. The first kappa shape index (κ1) is 30.3. The summed E-state index contributed by atoms with van der Waals surface area (Å²) in [5.74, 6) is 0.346. The van der Waals surface area contributed by atoms with Gasteiger partial charge >= 0.3 is 0 Å². The molecule has 0 aliphatic heterocycles. The van der Waals surface area contributed by atoms with Crippen molar-refractivity contribution in [3.63, 3.8) is 0 Å². The predicted molar refractivity (Wildman–Crippen MR) is 162 cm³/mol. The molecule has 0 aliphatic carbocycles. The maximum Gasteiger partial charge on any atom is 0.248 e. The van der Waals surface area contributed by atoms with Crippen LogP contribution in [0, 0.1) is 11.3 Å². The Labute approximate surface area is 248 Å². The van der Waals surface area contributed by atoms with Gasteiger partial charge in [0, 0.05) is 42.2 Å². The summed E-state index contributed by atoms with van der Waals surface area (Å²) < 4.78 is 36.3. The van der Waals surface area contributed by atoms with E-state index in [4.69, 9.17) is 21.1 Å². The van der Waals surface area contributed by atoms with Gasteiger partial charge in [0.15, 0.2) is 0 Å². The number of nitriles is 1. The third-order valence-electron chi connectivity index (χ3n) is 5.68. The minimum absolute atomic E-state index is 0.0403. The molecule has 0 bridgehead atoms. The molecule has 0 spiro atoms. The van der Waals surface area contributed by atoms with E-state index in [1.165, 1.54) is 18.3 Å². The summed E-state index contributed by atoms with van der Waals surface area (Å²) in [6, 6.07) is 16.2. The average Bonchev–Trinajstić information content (AvgIpc) is 2.96. The molecule has 13 heteroatoms. The maximum absolute atomic E-state index is 12.6. The number of anilines is 3. The van der Waals surface area contributed by atoms with Crippen molar-refractivity contribution in [1.82, 2.24) is 14.7 Å². The highest BCUT2D eigenvalue weighted by molar-refractivity contribution is 7.88. The monoisotopic (exact) mass is 606 g/mol. The molecule has 3 N–H and O–H groups in total. The zero-order chi connectivity index (χ0) is 30.1. The number of fused-ring (bicyclic) bond motifs is 1. The van der Waals surface area contributed by atoms with Crippen molar-refractivity contribution in [3.8, 4) is 17.6 Å². The van der Waals surface area contributed by atoms with E-state index in [2.05, 4.69) is 31.4 Å². The third kappa shape index (κ3) is 8.17. The van der Waals surface area contributed by atoms with Gasteiger partial charge in [0.25, 0.3) is 0 Å². The van der Waals surface area contributed by atoms with Gasteiger partial charge in [-0.25, -0.2) is 13.1 Å². The van der Waals surface area contributed by atoms with Gasteiger partial charge in [0.2, 0.25) is 15.9 Å². The normalized spacial score (nSPS) is 11.3. The number of nitrogens with one attached hydrogen (secondary N) is 3. The Kier molecular flexibility index (Phi) is 9.93. The molecule has 2 heterocycles. The lowest BCUT2D eigenvalue weighted by atomic mass is 10.1. The lowest BCUT2D eigenvalue weighted by Crippen LogP contribution is -2.22. The number of hydrogen-bond acceptors (Lipinski definition) is 9. The molecule has 2 aromatic heterocycles. The first-order valence-corrected chi connectivity index (χ1v) is 14.9. The molecule has 2 aromatic carbocycles. The van der Waals surface area contributed by atoms with E-state index in [0.717, 1.165) is 11.9 Å². The van der Waals surface area contributed by atoms with E-state index in [1.54, 1.807) is 43.5 Å². The third-order valence-corrected chi connectivity index (χ3v) is 6.67. The van der Waals surface area contributed by atoms with Crippen LogP contribution in [0.25, 0.3) is 10.9 Å². The fourth-order valence-electron chi connectivity index (χ4n) is 3.83. The second-order valence-electron chi connectivity index (χ2n) is 8.85. The van der Waals surface area contributed by atoms with Gasteiger partial charge in [0.05, 0.1) is 46.0 Å². The van der Waals surface area contributed by atoms with Crippen LogP contribution in [0.5, 0.6) is 11.5 Å². The summed E-state index contributed by atoms with van der Waals surface area (Å²) in [4.78, 5) is 21.2. The largest absolute Gasteiger partial charge is 0.492 e. The number of pyridine rings is 2. The number of carbonyl (C=O) groups is 1. The number of rotatable bonds is 12. The average molecular weight is 607 g/mol. The number of carbonyl (C=O) groups excluding carboxylic acids is 1. The van der Waals surface area contributed by atoms with Crippen LogP contribution in [0.4, 0.5) is 17.1 Å². The molecule has 216 valence electrons. The number of sulfonamides is 1. The first-order valence-electron chi connectivity index (χ1n) is 12.7. The molecule has 0 atom stereocenters. The highest BCUT2D eigenvalue weighted by atomic mass is 35.5.